The van der Waals surface area contributed by atoms with Crippen molar-refractivity contribution in [2.45, 2.75) is 6.61 Å². The topological polar surface area (TPSA) is 121 Å². The number of anilines is 1. The van der Waals surface area contributed by atoms with E-state index >= 15 is 0 Å². The summed E-state index contributed by atoms with van der Waals surface area (Å²) in [5, 5.41) is 6.55. The normalized spacial score (nSPS) is 11.1. The van der Waals surface area contributed by atoms with Crippen LogP contribution in [-0.4, -0.2) is 31.8 Å². The number of benzene rings is 2. The van der Waals surface area contributed by atoms with Gasteiger partial charge in [-0.1, -0.05) is 18.2 Å². The van der Waals surface area contributed by atoms with Gasteiger partial charge in [-0.15, -0.1) is 0 Å². The smallest absolute Gasteiger partial charge is 0.268 e. The Morgan fingerprint density at radius 1 is 1.06 bits per heavy atom. The van der Waals surface area contributed by atoms with Crippen LogP contribution in [0, 0.1) is 11.6 Å². The monoisotopic (exact) mass is 476 g/mol. The molecular weight excluding hydrogens is 458 g/mol. The standard InChI is InChI=1S/C24H18F2N6O3/c1-34-14-7-5-13(6-8-14)12-35-19-10-28-18(9-29-19)15-11-32(22-16(25)3-2-4-17(22)26)24(33)20-21(15)30-31-23(20)27/h2-11H,12H2,1H3,(H3,27,30,31). The van der Waals surface area contributed by atoms with E-state index in [1.54, 1.807) is 7.11 Å². The van der Waals surface area contributed by atoms with Crippen molar-refractivity contribution in [3.63, 3.8) is 0 Å². The van der Waals surface area contributed by atoms with E-state index in [2.05, 4.69) is 20.2 Å². The van der Waals surface area contributed by atoms with Crippen molar-refractivity contribution in [2.24, 2.45) is 0 Å². The highest BCUT2D eigenvalue weighted by Gasteiger charge is 2.21. The lowest BCUT2D eigenvalue weighted by Gasteiger charge is -2.12. The minimum absolute atomic E-state index is 0.0215. The van der Waals surface area contributed by atoms with E-state index in [1.165, 1.54) is 24.7 Å². The lowest BCUT2D eigenvalue weighted by Crippen LogP contribution is -2.21. The first-order chi connectivity index (χ1) is 17.0. The van der Waals surface area contributed by atoms with Crippen LogP contribution in [0.2, 0.25) is 0 Å². The fourth-order valence-corrected chi connectivity index (χ4v) is 3.63. The van der Waals surface area contributed by atoms with Gasteiger partial charge in [0.2, 0.25) is 5.88 Å². The molecule has 0 unspecified atom stereocenters. The number of nitrogens with two attached hydrogens (primary N) is 1. The van der Waals surface area contributed by atoms with Gasteiger partial charge in [0.1, 0.15) is 35.1 Å². The molecule has 0 saturated carbocycles. The highest BCUT2D eigenvalue weighted by atomic mass is 19.1. The number of nitrogen functional groups attached to an aromatic ring is 1. The van der Waals surface area contributed by atoms with Gasteiger partial charge < -0.3 is 15.2 Å². The van der Waals surface area contributed by atoms with Crippen molar-refractivity contribution < 1.29 is 18.3 Å². The summed E-state index contributed by atoms with van der Waals surface area (Å²) in [5.41, 5.74) is 6.41. The fourth-order valence-electron chi connectivity index (χ4n) is 3.63. The number of para-hydroxylation sites is 1. The zero-order chi connectivity index (χ0) is 24.5. The van der Waals surface area contributed by atoms with E-state index in [-0.39, 0.29) is 29.2 Å². The number of pyridine rings is 1. The second kappa shape index (κ2) is 8.86. The largest absolute Gasteiger partial charge is 0.497 e. The summed E-state index contributed by atoms with van der Waals surface area (Å²) >= 11 is 0. The highest BCUT2D eigenvalue weighted by molar-refractivity contribution is 5.97. The first-order valence-electron chi connectivity index (χ1n) is 10.4. The number of aromatic amines is 1. The van der Waals surface area contributed by atoms with E-state index in [0.717, 1.165) is 28.0 Å². The van der Waals surface area contributed by atoms with Crippen LogP contribution in [0.5, 0.6) is 11.6 Å². The van der Waals surface area contributed by atoms with Crippen molar-refractivity contribution in [1.82, 2.24) is 24.7 Å². The Hall–Kier alpha value is -4.80. The zero-order valence-electron chi connectivity index (χ0n) is 18.3. The lowest BCUT2D eigenvalue weighted by atomic mass is 10.1. The molecule has 9 nitrogen and oxygen atoms in total. The van der Waals surface area contributed by atoms with Gasteiger partial charge in [-0.25, -0.2) is 18.7 Å². The van der Waals surface area contributed by atoms with Crippen molar-refractivity contribution in [2.75, 3.05) is 12.8 Å². The molecule has 176 valence electrons. The fraction of sp³-hybridized carbons (Fsp3) is 0.0833. The third-order valence-corrected chi connectivity index (χ3v) is 5.38. The van der Waals surface area contributed by atoms with Crippen LogP contribution in [0.3, 0.4) is 0 Å². The van der Waals surface area contributed by atoms with Crippen molar-refractivity contribution in [1.29, 1.82) is 0 Å². The minimum Gasteiger partial charge on any atom is -0.497 e. The van der Waals surface area contributed by atoms with Gasteiger partial charge in [-0.3, -0.25) is 14.5 Å². The van der Waals surface area contributed by atoms with Crippen molar-refractivity contribution in [3.05, 3.63) is 88.6 Å². The first-order valence-corrected chi connectivity index (χ1v) is 10.4. The van der Waals surface area contributed by atoms with Crippen LogP contribution in [0.15, 0.2) is 65.8 Å². The number of halogens is 2. The molecule has 0 aliphatic carbocycles. The molecule has 0 amide bonds. The summed E-state index contributed by atoms with van der Waals surface area (Å²) in [6, 6.07) is 10.7. The number of hydrogen-bond donors (Lipinski definition) is 2. The van der Waals surface area contributed by atoms with E-state index in [0.29, 0.717) is 11.3 Å². The molecule has 0 atom stereocenters. The molecule has 0 aliphatic rings. The number of nitrogens with one attached hydrogen (secondary N) is 1. The minimum atomic E-state index is -0.909. The van der Waals surface area contributed by atoms with Gasteiger partial charge in [-0.2, -0.15) is 5.10 Å². The molecule has 5 rings (SSSR count). The van der Waals surface area contributed by atoms with Crippen LogP contribution >= 0.6 is 0 Å². The average Bonchev–Trinajstić information content (AvgIpc) is 3.26. The maximum atomic E-state index is 14.5. The van der Waals surface area contributed by atoms with Crippen LogP contribution in [0.1, 0.15) is 5.56 Å². The molecule has 0 spiro atoms. The van der Waals surface area contributed by atoms with Crippen LogP contribution in [0.4, 0.5) is 14.6 Å². The predicted octanol–water partition coefficient (Wildman–Crippen LogP) is 3.62. The number of nitrogens with zero attached hydrogens (tertiary/aromatic N) is 4. The van der Waals surface area contributed by atoms with Crippen LogP contribution < -0.4 is 20.8 Å². The van der Waals surface area contributed by atoms with Gasteiger partial charge >= 0.3 is 0 Å². The molecule has 3 aromatic heterocycles. The molecule has 3 heterocycles. The maximum Gasteiger partial charge on any atom is 0.268 e. The molecule has 0 bridgehead atoms. The summed E-state index contributed by atoms with van der Waals surface area (Å²) < 4.78 is 40.7. The summed E-state index contributed by atoms with van der Waals surface area (Å²) in [4.78, 5) is 21.7. The Kier molecular flexibility index (Phi) is 5.57. The predicted molar refractivity (Wildman–Crippen MR) is 124 cm³/mol. The summed E-state index contributed by atoms with van der Waals surface area (Å²) in [5.74, 6) is -0.927. The molecule has 2 aromatic carbocycles. The zero-order valence-corrected chi connectivity index (χ0v) is 18.3. The molecule has 3 N–H and O–H groups in total. The number of ether oxygens (including phenoxy) is 2. The van der Waals surface area contributed by atoms with Gasteiger partial charge in [-0.05, 0) is 29.8 Å². The molecule has 5 aromatic rings. The molecule has 35 heavy (non-hydrogen) atoms. The SMILES string of the molecule is COc1ccc(COc2cnc(-c3cn(-c4c(F)cccc4F)c(=O)c4c(N)n[nH]c34)cn2)cc1. The number of aromatic nitrogens is 5. The molecule has 0 fully saturated rings. The Labute approximate surface area is 196 Å². The number of hydrogen-bond acceptors (Lipinski definition) is 7. The second-order valence-corrected chi connectivity index (χ2v) is 7.52. The Balaban J connectivity index is 1.52. The molecule has 0 saturated heterocycles. The average molecular weight is 476 g/mol. The van der Waals surface area contributed by atoms with Crippen molar-refractivity contribution >= 4 is 16.7 Å². The third-order valence-electron chi connectivity index (χ3n) is 5.38. The molecule has 11 heteroatoms. The van der Waals surface area contributed by atoms with Gasteiger partial charge in [0.05, 0.1) is 30.7 Å². The lowest BCUT2D eigenvalue weighted by molar-refractivity contribution is 0.292. The quantitative estimate of drug-likeness (QED) is 0.384. The summed E-state index contributed by atoms with van der Waals surface area (Å²) in [6.07, 6.45) is 4.09. The Bertz CT molecular complexity index is 1560. The molecule has 0 radical (unpaired) electrons. The molecule has 0 aliphatic heterocycles. The number of methoxy groups -OCH3 is 1. The highest BCUT2D eigenvalue weighted by Crippen LogP contribution is 2.28. The van der Waals surface area contributed by atoms with Gasteiger partial charge in [0, 0.05) is 11.8 Å². The maximum absolute atomic E-state index is 14.5. The number of rotatable bonds is 6. The van der Waals surface area contributed by atoms with E-state index < -0.39 is 22.9 Å². The van der Waals surface area contributed by atoms with Crippen molar-refractivity contribution in [3.8, 4) is 28.6 Å². The molecular formula is C24H18F2N6O3. The van der Waals surface area contributed by atoms with Crippen LogP contribution in [-0.2, 0) is 6.61 Å². The Morgan fingerprint density at radius 3 is 2.46 bits per heavy atom. The second-order valence-electron chi connectivity index (χ2n) is 7.52. The summed E-state index contributed by atoms with van der Waals surface area (Å²) in [6.45, 7) is 0.261. The van der Waals surface area contributed by atoms with Gasteiger partial charge in [0.15, 0.2) is 5.82 Å². The Morgan fingerprint density at radius 2 is 1.80 bits per heavy atom. The first kappa shape index (κ1) is 22.0. The van der Waals surface area contributed by atoms with Crippen LogP contribution in [0.25, 0.3) is 27.8 Å². The van der Waals surface area contributed by atoms with E-state index in [1.807, 2.05) is 24.3 Å². The third kappa shape index (κ3) is 4.03. The van der Waals surface area contributed by atoms with E-state index in [4.69, 9.17) is 15.2 Å². The van der Waals surface area contributed by atoms with Gasteiger partial charge in [0.25, 0.3) is 5.56 Å². The number of H-pyrrole nitrogens is 1. The summed E-state index contributed by atoms with van der Waals surface area (Å²) in [7, 11) is 1.59. The number of fused-ring (bicyclic) bond motifs is 1. The van der Waals surface area contributed by atoms with E-state index in [9.17, 15) is 13.6 Å².